The molecule has 0 amide bonds. The summed E-state index contributed by atoms with van der Waals surface area (Å²) >= 11 is 0. The highest BCUT2D eigenvalue weighted by Crippen LogP contribution is 2.20. The molecule has 0 saturated heterocycles. The summed E-state index contributed by atoms with van der Waals surface area (Å²) in [4.78, 5) is 3.75. The first kappa shape index (κ1) is 14.0. The maximum absolute atomic E-state index is 12.3. The number of benzene rings is 1. The molecule has 1 aromatic carbocycles. The van der Waals surface area contributed by atoms with E-state index in [1.54, 1.807) is 6.92 Å². The number of nitrogens with one attached hydrogen (secondary N) is 2. The number of hydrogen-bond donors (Lipinski definition) is 3. The molecule has 2 aromatic rings. The monoisotopic (exact) mass is 292 g/mol. The van der Waals surface area contributed by atoms with Crippen LogP contribution in [0.2, 0.25) is 0 Å². The zero-order valence-electron chi connectivity index (χ0n) is 10.5. The van der Waals surface area contributed by atoms with Crippen molar-refractivity contribution in [2.24, 2.45) is 0 Å². The summed E-state index contributed by atoms with van der Waals surface area (Å²) in [6, 6.07) is 5.24. The van der Waals surface area contributed by atoms with Gasteiger partial charge in [-0.05, 0) is 25.1 Å². The Bertz CT molecular complexity index is 748. The minimum atomic E-state index is -3.86. The first-order valence-electron chi connectivity index (χ1n) is 5.61. The van der Waals surface area contributed by atoms with Gasteiger partial charge in [0.1, 0.15) is 18.2 Å². The Kier molecular flexibility index (Phi) is 3.69. The second-order valence-corrected chi connectivity index (χ2v) is 5.76. The molecule has 2 rings (SSSR count). The third-order valence-electron chi connectivity index (χ3n) is 2.59. The van der Waals surface area contributed by atoms with Gasteiger partial charge >= 0.3 is 0 Å². The number of anilines is 1. The first-order valence-corrected chi connectivity index (χ1v) is 7.09. The minimum absolute atomic E-state index is 0.0118. The lowest BCUT2D eigenvalue weighted by Crippen LogP contribution is -2.28. The van der Waals surface area contributed by atoms with Gasteiger partial charge in [0.15, 0.2) is 0 Å². The second-order valence-electron chi connectivity index (χ2n) is 4.08. The van der Waals surface area contributed by atoms with Gasteiger partial charge in [-0.2, -0.15) is 10.4 Å². The number of rotatable bonds is 4. The van der Waals surface area contributed by atoms with Crippen LogP contribution in [0.3, 0.4) is 0 Å². The van der Waals surface area contributed by atoms with Crippen LogP contribution in [-0.2, 0) is 10.0 Å². The van der Waals surface area contributed by atoms with Crippen molar-refractivity contribution in [3.05, 3.63) is 35.9 Å². The van der Waals surface area contributed by atoms with E-state index in [4.69, 9.17) is 11.0 Å². The number of nitriles is 1. The number of nitrogens with two attached hydrogens (primary N) is 1. The Hall–Kier alpha value is -2.44. The number of hydrogen-bond acceptors (Lipinski definition) is 6. The van der Waals surface area contributed by atoms with Gasteiger partial charge in [0.05, 0.1) is 16.5 Å². The largest absolute Gasteiger partial charge is 0.399 e. The molecule has 0 spiro atoms. The van der Waals surface area contributed by atoms with Crippen molar-refractivity contribution in [2.75, 3.05) is 5.73 Å². The number of H-pyrrole nitrogens is 1. The highest BCUT2D eigenvalue weighted by molar-refractivity contribution is 7.89. The average molecular weight is 292 g/mol. The topological polar surface area (TPSA) is 138 Å². The van der Waals surface area contributed by atoms with Gasteiger partial charge in [-0.15, -0.1) is 0 Å². The summed E-state index contributed by atoms with van der Waals surface area (Å²) < 4.78 is 26.9. The SMILES string of the molecule is CC(NS(=O)(=O)c1ccc(N)cc1C#N)c1ncn[nH]1. The normalized spacial score (nSPS) is 12.8. The number of aromatic nitrogens is 3. The molecule has 20 heavy (non-hydrogen) atoms. The molecule has 1 heterocycles. The van der Waals surface area contributed by atoms with Crippen LogP contribution in [0, 0.1) is 11.3 Å². The van der Waals surface area contributed by atoms with Crippen LogP contribution in [0.25, 0.3) is 0 Å². The Morgan fingerprint density at radius 3 is 2.85 bits per heavy atom. The molecule has 0 aliphatic carbocycles. The van der Waals surface area contributed by atoms with Crippen molar-refractivity contribution in [1.29, 1.82) is 5.26 Å². The summed E-state index contributed by atoms with van der Waals surface area (Å²) in [5.74, 6) is 0.377. The third-order valence-corrected chi connectivity index (χ3v) is 4.19. The Morgan fingerprint density at radius 1 is 1.50 bits per heavy atom. The molecule has 1 atom stereocenters. The molecule has 104 valence electrons. The van der Waals surface area contributed by atoms with Crippen molar-refractivity contribution in [3.8, 4) is 6.07 Å². The number of sulfonamides is 1. The molecule has 0 saturated carbocycles. The lowest BCUT2D eigenvalue weighted by Gasteiger charge is -2.12. The minimum Gasteiger partial charge on any atom is -0.399 e. The fourth-order valence-electron chi connectivity index (χ4n) is 1.64. The van der Waals surface area contributed by atoms with E-state index in [9.17, 15) is 8.42 Å². The fourth-order valence-corrected chi connectivity index (χ4v) is 2.99. The quantitative estimate of drug-likeness (QED) is 0.693. The van der Waals surface area contributed by atoms with Gasteiger partial charge in [-0.3, -0.25) is 5.10 Å². The van der Waals surface area contributed by atoms with Crippen LogP contribution in [0.1, 0.15) is 24.4 Å². The van der Waals surface area contributed by atoms with Crippen LogP contribution in [0.4, 0.5) is 5.69 Å². The van der Waals surface area contributed by atoms with Crippen LogP contribution in [0.5, 0.6) is 0 Å². The van der Waals surface area contributed by atoms with Crippen LogP contribution >= 0.6 is 0 Å². The van der Waals surface area contributed by atoms with E-state index >= 15 is 0 Å². The van der Waals surface area contributed by atoms with Gasteiger partial charge in [-0.25, -0.2) is 18.1 Å². The van der Waals surface area contributed by atoms with Crippen molar-refractivity contribution in [3.63, 3.8) is 0 Å². The number of nitrogens with zero attached hydrogens (tertiary/aromatic N) is 3. The van der Waals surface area contributed by atoms with Crippen molar-refractivity contribution < 1.29 is 8.42 Å². The summed E-state index contributed by atoms with van der Waals surface area (Å²) in [5, 5.41) is 15.2. The van der Waals surface area contributed by atoms with Gasteiger partial charge in [0, 0.05) is 5.69 Å². The van der Waals surface area contributed by atoms with Crippen LogP contribution in [-0.4, -0.2) is 23.6 Å². The van der Waals surface area contributed by atoms with Gasteiger partial charge in [-0.1, -0.05) is 0 Å². The van der Waals surface area contributed by atoms with E-state index in [1.165, 1.54) is 24.5 Å². The Balaban J connectivity index is 2.34. The number of aromatic amines is 1. The summed E-state index contributed by atoms with van der Waals surface area (Å²) in [6.45, 7) is 1.61. The smallest absolute Gasteiger partial charge is 0.242 e. The molecule has 4 N–H and O–H groups in total. The molecule has 9 heteroatoms. The predicted molar refractivity (Wildman–Crippen MR) is 70.7 cm³/mol. The van der Waals surface area contributed by atoms with E-state index < -0.39 is 16.1 Å². The molecule has 8 nitrogen and oxygen atoms in total. The average Bonchev–Trinajstić information content (AvgIpc) is 2.91. The van der Waals surface area contributed by atoms with E-state index in [1.807, 2.05) is 6.07 Å². The van der Waals surface area contributed by atoms with Crippen molar-refractivity contribution in [2.45, 2.75) is 17.9 Å². The molecule has 1 unspecified atom stereocenters. The molecule has 0 aliphatic heterocycles. The first-order chi connectivity index (χ1) is 9.44. The van der Waals surface area contributed by atoms with Crippen molar-refractivity contribution in [1.82, 2.24) is 19.9 Å². The highest BCUT2D eigenvalue weighted by atomic mass is 32.2. The molecule has 0 radical (unpaired) electrons. The molecular weight excluding hydrogens is 280 g/mol. The van der Waals surface area contributed by atoms with Gasteiger partial charge in [0.25, 0.3) is 0 Å². The lowest BCUT2D eigenvalue weighted by atomic mass is 10.2. The van der Waals surface area contributed by atoms with Gasteiger partial charge < -0.3 is 5.73 Å². The highest BCUT2D eigenvalue weighted by Gasteiger charge is 2.22. The lowest BCUT2D eigenvalue weighted by molar-refractivity contribution is 0.560. The molecule has 0 aliphatic rings. The molecule has 0 fully saturated rings. The van der Waals surface area contributed by atoms with Crippen molar-refractivity contribution >= 4 is 15.7 Å². The summed E-state index contributed by atoms with van der Waals surface area (Å²) in [7, 11) is -3.86. The van der Waals surface area contributed by atoms with Crippen LogP contribution in [0.15, 0.2) is 29.4 Å². The standard InChI is InChI=1S/C11H12N6O2S/c1-7(11-14-6-15-16-11)17-20(18,19)10-3-2-9(13)4-8(10)5-12/h2-4,6-7,17H,13H2,1H3,(H,14,15,16). The van der Waals surface area contributed by atoms with Crippen LogP contribution < -0.4 is 10.5 Å². The van der Waals surface area contributed by atoms with E-state index in [-0.39, 0.29) is 10.5 Å². The van der Waals surface area contributed by atoms with E-state index in [0.29, 0.717) is 11.5 Å². The zero-order chi connectivity index (χ0) is 14.8. The second kappa shape index (κ2) is 5.28. The maximum Gasteiger partial charge on any atom is 0.242 e. The third kappa shape index (κ3) is 2.76. The zero-order valence-corrected chi connectivity index (χ0v) is 11.3. The summed E-state index contributed by atoms with van der Waals surface area (Å²) in [6.07, 6.45) is 1.28. The summed E-state index contributed by atoms with van der Waals surface area (Å²) in [5.41, 5.74) is 5.85. The molecule has 1 aromatic heterocycles. The predicted octanol–water partition coefficient (Wildman–Crippen LogP) is 0.298. The van der Waals surface area contributed by atoms with E-state index in [2.05, 4.69) is 19.9 Å². The van der Waals surface area contributed by atoms with Gasteiger partial charge in [0.2, 0.25) is 10.0 Å². The Labute approximate surface area is 115 Å². The molecule has 0 bridgehead atoms. The number of nitrogen functional groups attached to an aromatic ring is 1. The fraction of sp³-hybridized carbons (Fsp3) is 0.182. The van der Waals surface area contributed by atoms with E-state index in [0.717, 1.165) is 0 Å². The molecular formula is C11H12N6O2S. The maximum atomic E-state index is 12.3. The Morgan fingerprint density at radius 2 is 2.25 bits per heavy atom.